The predicted molar refractivity (Wildman–Crippen MR) is 77.9 cm³/mol. The Bertz CT molecular complexity index is 419. The highest BCUT2D eigenvalue weighted by Gasteiger charge is 2.26. The van der Waals surface area contributed by atoms with Crippen LogP contribution in [0, 0.1) is 11.8 Å². The molecule has 0 aliphatic carbocycles. The van der Waals surface area contributed by atoms with Crippen molar-refractivity contribution in [1.82, 2.24) is 9.80 Å². The van der Waals surface area contributed by atoms with E-state index in [-0.39, 0.29) is 5.91 Å². The molecule has 2 heterocycles. The minimum absolute atomic E-state index is 0.131. The molecule has 2 N–H and O–H groups in total. The molecule has 1 aliphatic rings. The van der Waals surface area contributed by atoms with Crippen molar-refractivity contribution < 1.29 is 9.21 Å². The number of nitrogens with two attached hydrogens (primary N) is 1. The fourth-order valence-corrected chi connectivity index (χ4v) is 2.71. The van der Waals surface area contributed by atoms with Crippen molar-refractivity contribution in [3.8, 4) is 0 Å². The molecule has 1 saturated heterocycles. The van der Waals surface area contributed by atoms with Crippen molar-refractivity contribution in [2.45, 2.75) is 19.9 Å². The Morgan fingerprint density at radius 2 is 2.40 bits per heavy atom. The Morgan fingerprint density at radius 1 is 1.60 bits per heavy atom. The van der Waals surface area contributed by atoms with E-state index in [1.807, 2.05) is 19.2 Å². The van der Waals surface area contributed by atoms with E-state index >= 15 is 0 Å². The minimum Gasteiger partial charge on any atom is -0.467 e. The van der Waals surface area contributed by atoms with E-state index < -0.39 is 0 Å². The summed E-state index contributed by atoms with van der Waals surface area (Å²) in [7, 11) is 1.82. The zero-order chi connectivity index (χ0) is 14.5. The van der Waals surface area contributed by atoms with Crippen LogP contribution in [-0.2, 0) is 11.3 Å². The number of carbonyl (C=O) groups is 1. The van der Waals surface area contributed by atoms with Crippen molar-refractivity contribution >= 4 is 5.91 Å². The number of carbonyl (C=O) groups excluding carboxylic acids is 1. The summed E-state index contributed by atoms with van der Waals surface area (Å²) in [4.78, 5) is 16.2. The number of piperidine rings is 1. The predicted octanol–water partition coefficient (Wildman–Crippen LogP) is 1.15. The summed E-state index contributed by atoms with van der Waals surface area (Å²) in [5.41, 5.74) is 5.80. The Kier molecular flexibility index (Phi) is 5.20. The summed E-state index contributed by atoms with van der Waals surface area (Å²) >= 11 is 0. The first-order valence-electron chi connectivity index (χ1n) is 7.29. The van der Waals surface area contributed by atoms with Crippen LogP contribution >= 0.6 is 0 Å². The van der Waals surface area contributed by atoms with Crippen LogP contribution in [0.4, 0.5) is 0 Å². The number of rotatable bonds is 5. The second kappa shape index (κ2) is 6.90. The molecule has 20 heavy (non-hydrogen) atoms. The van der Waals surface area contributed by atoms with Gasteiger partial charge in [-0.3, -0.25) is 9.69 Å². The Morgan fingerprint density at radius 3 is 3.05 bits per heavy atom. The lowest BCUT2D eigenvalue weighted by atomic mass is 9.87. The van der Waals surface area contributed by atoms with Gasteiger partial charge in [0.15, 0.2) is 0 Å². The van der Waals surface area contributed by atoms with Gasteiger partial charge in [-0.1, -0.05) is 6.92 Å². The summed E-state index contributed by atoms with van der Waals surface area (Å²) < 4.78 is 5.27. The average Bonchev–Trinajstić information content (AvgIpc) is 2.93. The second-order valence-corrected chi connectivity index (χ2v) is 5.83. The molecule has 0 radical (unpaired) electrons. The molecule has 1 aromatic heterocycles. The largest absolute Gasteiger partial charge is 0.467 e. The molecule has 1 amide bonds. The standard InChI is InChI=1S/C15H25N3O2/c1-12-5-6-18(9-13(12)8-16)11-15(19)17(2)10-14-4-3-7-20-14/h3-4,7,12-13H,5-6,8-11,16H2,1-2H3. The normalized spacial score (nSPS) is 23.8. The van der Waals surface area contributed by atoms with Gasteiger partial charge in [-0.15, -0.1) is 0 Å². The zero-order valence-corrected chi connectivity index (χ0v) is 12.4. The summed E-state index contributed by atoms with van der Waals surface area (Å²) in [6.45, 7) is 5.86. The van der Waals surface area contributed by atoms with Crippen LogP contribution in [-0.4, -0.2) is 48.9 Å². The van der Waals surface area contributed by atoms with E-state index in [4.69, 9.17) is 10.2 Å². The first-order valence-corrected chi connectivity index (χ1v) is 7.29. The van der Waals surface area contributed by atoms with Gasteiger partial charge in [-0.05, 0) is 43.5 Å². The SMILES string of the molecule is CC1CCN(CC(=O)N(C)Cc2ccco2)CC1CN. The summed E-state index contributed by atoms with van der Waals surface area (Å²) in [5.74, 6) is 2.11. The van der Waals surface area contributed by atoms with Gasteiger partial charge in [-0.2, -0.15) is 0 Å². The number of likely N-dealkylation sites (N-methyl/N-ethyl adjacent to an activating group) is 1. The molecule has 5 nitrogen and oxygen atoms in total. The summed E-state index contributed by atoms with van der Waals surface area (Å²) in [6, 6.07) is 3.72. The fourth-order valence-electron chi connectivity index (χ4n) is 2.71. The van der Waals surface area contributed by atoms with Gasteiger partial charge in [0.2, 0.25) is 5.91 Å². The third-order valence-electron chi connectivity index (χ3n) is 4.26. The van der Waals surface area contributed by atoms with Crippen molar-refractivity contribution in [2.24, 2.45) is 17.6 Å². The quantitative estimate of drug-likeness (QED) is 0.878. The smallest absolute Gasteiger partial charge is 0.236 e. The van der Waals surface area contributed by atoms with Crippen LogP contribution in [0.25, 0.3) is 0 Å². The third kappa shape index (κ3) is 3.84. The third-order valence-corrected chi connectivity index (χ3v) is 4.26. The molecule has 5 heteroatoms. The van der Waals surface area contributed by atoms with Gasteiger partial charge < -0.3 is 15.1 Å². The van der Waals surface area contributed by atoms with Crippen LogP contribution in [0.15, 0.2) is 22.8 Å². The molecule has 0 saturated carbocycles. The summed E-state index contributed by atoms with van der Waals surface area (Å²) in [6.07, 6.45) is 2.75. The lowest BCUT2D eigenvalue weighted by Crippen LogP contribution is -2.46. The number of likely N-dealkylation sites (tertiary alicyclic amines) is 1. The van der Waals surface area contributed by atoms with Crippen LogP contribution in [0.3, 0.4) is 0 Å². The molecule has 1 aromatic rings. The fraction of sp³-hybridized carbons (Fsp3) is 0.667. The molecule has 112 valence electrons. The van der Waals surface area contributed by atoms with Gasteiger partial charge in [0, 0.05) is 13.6 Å². The molecular weight excluding hydrogens is 254 g/mol. The topological polar surface area (TPSA) is 62.7 Å². The number of furan rings is 1. The highest BCUT2D eigenvalue weighted by Crippen LogP contribution is 2.22. The van der Waals surface area contributed by atoms with E-state index in [9.17, 15) is 4.79 Å². The maximum atomic E-state index is 12.2. The Labute approximate surface area is 120 Å². The minimum atomic E-state index is 0.131. The van der Waals surface area contributed by atoms with Crippen LogP contribution < -0.4 is 5.73 Å². The van der Waals surface area contributed by atoms with Gasteiger partial charge >= 0.3 is 0 Å². The molecule has 0 bridgehead atoms. The highest BCUT2D eigenvalue weighted by molar-refractivity contribution is 5.77. The van der Waals surface area contributed by atoms with Crippen molar-refractivity contribution in [2.75, 3.05) is 33.2 Å². The molecule has 2 atom stereocenters. The van der Waals surface area contributed by atoms with Crippen LogP contribution in [0.2, 0.25) is 0 Å². The number of nitrogens with zero attached hydrogens (tertiary/aromatic N) is 2. The van der Waals surface area contributed by atoms with Gasteiger partial charge in [-0.25, -0.2) is 0 Å². The van der Waals surface area contributed by atoms with E-state index in [1.165, 1.54) is 0 Å². The van der Waals surface area contributed by atoms with E-state index in [0.29, 0.717) is 31.5 Å². The average molecular weight is 279 g/mol. The first kappa shape index (κ1) is 15.1. The van der Waals surface area contributed by atoms with Crippen LogP contribution in [0.5, 0.6) is 0 Å². The van der Waals surface area contributed by atoms with E-state index in [0.717, 1.165) is 25.3 Å². The molecule has 1 fully saturated rings. The van der Waals surface area contributed by atoms with Gasteiger partial charge in [0.05, 0.1) is 19.4 Å². The molecule has 2 unspecified atom stereocenters. The van der Waals surface area contributed by atoms with Crippen molar-refractivity contribution in [3.05, 3.63) is 24.2 Å². The lowest BCUT2D eigenvalue weighted by molar-refractivity contribution is -0.132. The van der Waals surface area contributed by atoms with E-state index in [1.54, 1.807) is 11.2 Å². The molecule has 1 aliphatic heterocycles. The van der Waals surface area contributed by atoms with Gasteiger partial charge in [0.25, 0.3) is 0 Å². The lowest BCUT2D eigenvalue weighted by Gasteiger charge is -2.36. The van der Waals surface area contributed by atoms with E-state index in [2.05, 4.69) is 11.8 Å². The number of hydrogen-bond donors (Lipinski definition) is 1. The number of hydrogen-bond acceptors (Lipinski definition) is 4. The van der Waals surface area contributed by atoms with Gasteiger partial charge in [0.1, 0.15) is 5.76 Å². The monoisotopic (exact) mass is 279 g/mol. The maximum Gasteiger partial charge on any atom is 0.236 e. The Balaban J connectivity index is 1.81. The summed E-state index contributed by atoms with van der Waals surface area (Å²) in [5, 5.41) is 0. The maximum absolute atomic E-state index is 12.2. The molecular formula is C15H25N3O2. The first-order chi connectivity index (χ1) is 9.60. The Hall–Kier alpha value is -1.33. The van der Waals surface area contributed by atoms with Crippen molar-refractivity contribution in [1.29, 1.82) is 0 Å². The number of amides is 1. The van der Waals surface area contributed by atoms with Crippen molar-refractivity contribution in [3.63, 3.8) is 0 Å². The molecule has 0 spiro atoms. The van der Waals surface area contributed by atoms with Crippen LogP contribution in [0.1, 0.15) is 19.1 Å². The molecule has 0 aromatic carbocycles. The second-order valence-electron chi connectivity index (χ2n) is 5.83. The highest BCUT2D eigenvalue weighted by atomic mass is 16.3. The molecule has 2 rings (SSSR count). The zero-order valence-electron chi connectivity index (χ0n) is 12.4.